The number of hydrogen-bond donors (Lipinski definition) is 1. The Hall–Kier alpha value is -3.33. The number of nitrogens with one attached hydrogen (secondary N) is 1. The summed E-state index contributed by atoms with van der Waals surface area (Å²) in [6.45, 7) is 4.89. The summed E-state index contributed by atoms with van der Waals surface area (Å²) in [5, 5.41) is 3.22. The van der Waals surface area contributed by atoms with Crippen molar-refractivity contribution in [2.75, 3.05) is 29.9 Å². The average Bonchev–Trinajstić information content (AvgIpc) is 3.08. The van der Waals surface area contributed by atoms with Gasteiger partial charge in [-0.2, -0.15) is 0 Å². The number of aromatic nitrogens is 3. The molecule has 9 heteroatoms. The molecule has 1 N–H and O–H groups in total. The molecule has 1 aliphatic rings. The van der Waals surface area contributed by atoms with Crippen LogP contribution >= 0.6 is 11.3 Å². The molecule has 30 heavy (non-hydrogen) atoms. The average molecular weight is 423 g/mol. The maximum Gasteiger partial charge on any atom is 0.350 e. The fraction of sp³-hybridized carbons (Fsp3) is 0.286. The highest BCUT2D eigenvalue weighted by Crippen LogP contribution is 2.28. The highest BCUT2D eigenvalue weighted by atomic mass is 32.1. The van der Waals surface area contributed by atoms with Crippen molar-refractivity contribution < 1.29 is 14.3 Å². The number of hydrogen-bond acceptors (Lipinski definition) is 8. The van der Waals surface area contributed by atoms with Crippen LogP contribution in [0.2, 0.25) is 0 Å². The number of rotatable bonds is 6. The lowest BCUT2D eigenvalue weighted by molar-refractivity contribution is -0.120. The number of esters is 1. The highest BCUT2D eigenvalue weighted by molar-refractivity contribution is 7.17. The summed E-state index contributed by atoms with van der Waals surface area (Å²) in [6.07, 6.45) is 1.54. The van der Waals surface area contributed by atoms with Crippen molar-refractivity contribution >= 4 is 34.2 Å². The Kier molecular flexibility index (Phi) is 5.71. The first kappa shape index (κ1) is 20.0. The van der Waals surface area contributed by atoms with E-state index in [9.17, 15) is 9.59 Å². The van der Waals surface area contributed by atoms with Gasteiger partial charge < -0.3 is 15.0 Å². The minimum absolute atomic E-state index is 0.118. The Morgan fingerprint density at radius 3 is 2.73 bits per heavy atom. The van der Waals surface area contributed by atoms with E-state index in [1.54, 1.807) is 20.2 Å². The quantitative estimate of drug-likeness (QED) is 0.608. The van der Waals surface area contributed by atoms with Crippen molar-refractivity contribution in [3.05, 3.63) is 53.3 Å². The number of nitrogens with zero attached hydrogens (tertiary/aromatic N) is 4. The second-order valence-electron chi connectivity index (χ2n) is 6.87. The summed E-state index contributed by atoms with van der Waals surface area (Å²) < 4.78 is 5.01. The first-order valence-electron chi connectivity index (χ1n) is 9.63. The molecule has 1 aliphatic heterocycles. The van der Waals surface area contributed by atoms with E-state index in [0.29, 0.717) is 35.4 Å². The third-order valence-corrected chi connectivity index (χ3v) is 5.84. The Labute approximate surface area is 178 Å². The van der Waals surface area contributed by atoms with Crippen LogP contribution in [0.5, 0.6) is 0 Å². The Morgan fingerprint density at radius 2 is 2.00 bits per heavy atom. The predicted octanol–water partition coefficient (Wildman–Crippen LogP) is 3.16. The Morgan fingerprint density at radius 1 is 1.23 bits per heavy atom. The number of thiazole rings is 1. The molecule has 154 valence electrons. The van der Waals surface area contributed by atoms with Crippen molar-refractivity contribution in [2.45, 2.75) is 13.8 Å². The molecule has 8 nitrogen and oxygen atoms in total. The molecule has 0 saturated carbocycles. The summed E-state index contributed by atoms with van der Waals surface area (Å²) in [4.78, 5) is 39.9. The van der Waals surface area contributed by atoms with Gasteiger partial charge in [0.2, 0.25) is 5.91 Å². The molecule has 3 aromatic rings. The molecule has 0 unspecified atom stereocenters. The van der Waals surface area contributed by atoms with E-state index in [-0.39, 0.29) is 11.8 Å². The first-order chi connectivity index (χ1) is 14.5. The van der Waals surface area contributed by atoms with Crippen LogP contribution in [0, 0.1) is 12.8 Å². The third kappa shape index (κ3) is 4.16. The minimum Gasteiger partial charge on any atom is -0.462 e. The van der Waals surface area contributed by atoms with Crippen molar-refractivity contribution in [3.63, 3.8) is 0 Å². The summed E-state index contributed by atoms with van der Waals surface area (Å²) in [5.74, 6) is 0.0894. The monoisotopic (exact) mass is 423 g/mol. The summed E-state index contributed by atoms with van der Waals surface area (Å²) in [6, 6.07) is 11.8. The fourth-order valence-corrected chi connectivity index (χ4v) is 4.02. The van der Waals surface area contributed by atoms with Crippen molar-refractivity contribution in [3.8, 4) is 11.3 Å². The molecular formula is C21H21N5O3S. The predicted molar refractivity (Wildman–Crippen MR) is 115 cm³/mol. The maximum absolute atomic E-state index is 12.6. The van der Waals surface area contributed by atoms with E-state index in [1.807, 2.05) is 41.3 Å². The van der Waals surface area contributed by atoms with Crippen molar-refractivity contribution in [1.82, 2.24) is 15.0 Å². The molecule has 0 aliphatic carbocycles. The summed E-state index contributed by atoms with van der Waals surface area (Å²) in [5.41, 5.74) is 2.42. The molecule has 1 fully saturated rings. The second-order valence-corrected chi connectivity index (χ2v) is 7.87. The van der Waals surface area contributed by atoms with Crippen LogP contribution in [0.3, 0.4) is 0 Å². The van der Waals surface area contributed by atoms with Crippen molar-refractivity contribution in [1.29, 1.82) is 0 Å². The number of amides is 1. The minimum atomic E-state index is -0.416. The summed E-state index contributed by atoms with van der Waals surface area (Å²) >= 11 is 1.13. The van der Waals surface area contributed by atoms with Gasteiger partial charge in [0.05, 0.1) is 23.9 Å². The SMILES string of the molecule is CCOC(=O)c1sc(NC(=O)C2CN(c3cc(-c4ccccc4)ncn3)C2)nc1C. The van der Waals surface area contributed by atoms with E-state index in [4.69, 9.17) is 4.74 Å². The zero-order chi connectivity index (χ0) is 21.1. The van der Waals surface area contributed by atoms with Crippen LogP contribution < -0.4 is 10.2 Å². The van der Waals surface area contributed by atoms with Crippen LogP contribution in [0.1, 0.15) is 22.3 Å². The van der Waals surface area contributed by atoms with Crippen LogP contribution in [-0.4, -0.2) is 46.5 Å². The molecule has 4 rings (SSSR count). The third-order valence-electron chi connectivity index (χ3n) is 4.79. The zero-order valence-corrected chi connectivity index (χ0v) is 17.5. The van der Waals surface area contributed by atoms with E-state index in [0.717, 1.165) is 28.4 Å². The lowest BCUT2D eigenvalue weighted by Gasteiger charge is -2.38. The highest BCUT2D eigenvalue weighted by Gasteiger charge is 2.34. The largest absolute Gasteiger partial charge is 0.462 e. The molecule has 1 amide bonds. The molecule has 0 atom stereocenters. The van der Waals surface area contributed by atoms with Gasteiger partial charge in [-0.1, -0.05) is 41.7 Å². The zero-order valence-electron chi connectivity index (χ0n) is 16.7. The second kappa shape index (κ2) is 8.58. The van der Waals surface area contributed by atoms with Gasteiger partial charge in [-0.05, 0) is 13.8 Å². The van der Waals surface area contributed by atoms with Crippen molar-refractivity contribution in [2.24, 2.45) is 5.92 Å². The topological polar surface area (TPSA) is 97.3 Å². The molecule has 1 saturated heterocycles. The fourth-order valence-electron chi connectivity index (χ4n) is 3.16. The standard InChI is InChI=1S/C21H21N5O3S/c1-3-29-20(28)18-13(2)24-21(30-18)25-19(27)15-10-26(11-15)17-9-16(22-12-23-17)14-7-5-4-6-8-14/h4-9,12,15H,3,10-11H2,1-2H3,(H,24,25,27). The van der Waals surface area contributed by atoms with Gasteiger partial charge in [0.1, 0.15) is 17.0 Å². The molecule has 0 radical (unpaired) electrons. The van der Waals surface area contributed by atoms with Gasteiger partial charge >= 0.3 is 5.97 Å². The number of anilines is 2. The van der Waals surface area contributed by atoms with Crippen LogP contribution in [0.4, 0.5) is 10.9 Å². The Bertz CT molecular complexity index is 1060. The normalized spacial score (nSPS) is 13.6. The number of carbonyl (C=O) groups excluding carboxylic acids is 2. The van der Waals surface area contributed by atoms with Crippen LogP contribution in [0.25, 0.3) is 11.3 Å². The van der Waals surface area contributed by atoms with Gasteiger partial charge in [-0.25, -0.2) is 19.7 Å². The van der Waals surface area contributed by atoms with Gasteiger partial charge in [-0.3, -0.25) is 4.79 Å². The number of benzene rings is 1. The smallest absolute Gasteiger partial charge is 0.350 e. The lowest BCUT2D eigenvalue weighted by Crippen LogP contribution is -2.52. The van der Waals surface area contributed by atoms with Gasteiger partial charge in [0.15, 0.2) is 5.13 Å². The Balaban J connectivity index is 1.36. The lowest BCUT2D eigenvalue weighted by atomic mass is 9.99. The molecule has 2 aromatic heterocycles. The molecule has 3 heterocycles. The van der Waals surface area contributed by atoms with E-state index >= 15 is 0 Å². The van der Waals surface area contributed by atoms with E-state index < -0.39 is 5.97 Å². The van der Waals surface area contributed by atoms with E-state index in [1.165, 1.54) is 0 Å². The first-order valence-corrected chi connectivity index (χ1v) is 10.4. The van der Waals surface area contributed by atoms with Crippen LogP contribution in [0.15, 0.2) is 42.7 Å². The molecule has 0 spiro atoms. The van der Waals surface area contributed by atoms with Gasteiger partial charge in [0, 0.05) is 24.7 Å². The molecule has 1 aromatic carbocycles. The van der Waals surface area contributed by atoms with E-state index in [2.05, 4.69) is 20.3 Å². The number of ether oxygens (including phenoxy) is 1. The van der Waals surface area contributed by atoms with Gasteiger partial charge in [0.25, 0.3) is 0 Å². The number of carbonyl (C=O) groups is 2. The maximum atomic E-state index is 12.6. The molecular weight excluding hydrogens is 402 g/mol. The molecule has 0 bridgehead atoms. The number of aryl methyl sites for hydroxylation is 1. The summed E-state index contributed by atoms with van der Waals surface area (Å²) in [7, 11) is 0. The van der Waals surface area contributed by atoms with Gasteiger partial charge in [-0.15, -0.1) is 0 Å². The van der Waals surface area contributed by atoms with Crippen LogP contribution in [-0.2, 0) is 9.53 Å².